The first kappa shape index (κ1) is 18.1. The molecule has 10 rings (SSSR count). The number of ether oxygens (including phenoxy) is 1. The Morgan fingerprint density at radius 3 is 2.03 bits per heavy atom. The van der Waals surface area contributed by atoms with Gasteiger partial charge in [-0.15, -0.1) is 0 Å². The SMILES string of the molecule is CO[C@@H]1C[C@@H]2CC3C[C@@H](C2)C2=C4C(=C(c5ccccc5)[C@]21C3)C1CC2CC4C[C@H](C2)C1. The van der Waals surface area contributed by atoms with Gasteiger partial charge >= 0.3 is 0 Å². The van der Waals surface area contributed by atoms with Gasteiger partial charge in [0.05, 0.1) is 6.10 Å². The van der Waals surface area contributed by atoms with E-state index in [0.717, 1.165) is 41.4 Å². The lowest BCUT2D eigenvalue weighted by Crippen LogP contribution is -2.44. The van der Waals surface area contributed by atoms with Gasteiger partial charge in [-0.25, -0.2) is 0 Å². The van der Waals surface area contributed by atoms with Gasteiger partial charge in [0.2, 0.25) is 0 Å². The van der Waals surface area contributed by atoms with Crippen LogP contribution in [-0.4, -0.2) is 13.2 Å². The van der Waals surface area contributed by atoms with Gasteiger partial charge in [0.15, 0.2) is 0 Å². The van der Waals surface area contributed by atoms with E-state index in [4.69, 9.17) is 4.74 Å². The first-order valence-electron chi connectivity index (χ1n) is 13.3. The average molecular weight is 413 g/mol. The van der Waals surface area contributed by atoms with Crippen LogP contribution in [-0.2, 0) is 4.74 Å². The fourth-order valence-electron chi connectivity index (χ4n) is 10.8. The molecular formula is C30H36O. The second kappa shape index (κ2) is 6.16. The molecule has 1 heteroatoms. The van der Waals surface area contributed by atoms with Gasteiger partial charge < -0.3 is 4.74 Å². The number of hydrogen-bond donors (Lipinski definition) is 0. The number of rotatable bonds is 2. The molecule has 4 unspecified atom stereocenters. The number of hydrogen-bond acceptors (Lipinski definition) is 1. The molecule has 0 amide bonds. The highest BCUT2D eigenvalue weighted by Gasteiger charge is 2.63. The van der Waals surface area contributed by atoms with Crippen LogP contribution in [0.1, 0.15) is 69.8 Å². The fourth-order valence-corrected chi connectivity index (χ4v) is 10.8. The summed E-state index contributed by atoms with van der Waals surface area (Å²) in [6, 6.07) is 11.7. The minimum atomic E-state index is 0.189. The summed E-state index contributed by atoms with van der Waals surface area (Å²) in [5, 5.41) is 0. The van der Waals surface area contributed by atoms with Gasteiger partial charge in [-0.1, -0.05) is 35.9 Å². The smallest absolute Gasteiger partial charge is 0.0708 e. The molecule has 9 aliphatic rings. The van der Waals surface area contributed by atoms with Crippen molar-refractivity contribution in [2.75, 3.05) is 7.11 Å². The van der Waals surface area contributed by atoms with Crippen molar-refractivity contribution in [1.82, 2.24) is 0 Å². The third-order valence-corrected chi connectivity index (χ3v) is 11.1. The molecule has 9 aliphatic carbocycles. The molecule has 0 N–H and O–H groups in total. The first-order valence-corrected chi connectivity index (χ1v) is 13.3. The van der Waals surface area contributed by atoms with Crippen LogP contribution in [0.15, 0.2) is 47.1 Å². The van der Waals surface area contributed by atoms with Crippen molar-refractivity contribution >= 4 is 5.57 Å². The van der Waals surface area contributed by atoms with E-state index in [1.165, 1.54) is 69.8 Å². The molecule has 162 valence electrons. The summed E-state index contributed by atoms with van der Waals surface area (Å²) >= 11 is 0. The normalized spacial score (nSPS) is 48.8. The molecule has 8 bridgehead atoms. The molecule has 1 aromatic rings. The van der Waals surface area contributed by atoms with E-state index in [-0.39, 0.29) is 5.41 Å². The van der Waals surface area contributed by atoms with Crippen molar-refractivity contribution in [3.8, 4) is 0 Å². The van der Waals surface area contributed by atoms with Crippen molar-refractivity contribution in [3.05, 3.63) is 52.6 Å². The van der Waals surface area contributed by atoms with Gasteiger partial charge in [-0.3, -0.25) is 0 Å². The van der Waals surface area contributed by atoms with Crippen molar-refractivity contribution in [1.29, 1.82) is 0 Å². The van der Waals surface area contributed by atoms with Gasteiger partial charge in [0.1, 0.15) is 0 Å². The molecule has 31 heavy (non-hydrogen) atoms. The van der Waals surface area contributed by atoms with Crippen molar-refractivity contribution in [2.45, 2.75) is 70.3 Å². The number of allylic oxidation sites excluding steroid dienone is 2. The van der Waals surface area contributed by atoms with Gasteiger partial charge in [0, 0.05) is 12.5 Å². The van der Waals surface area contributed by atoms with Crippen LogP contribution in [0.3, 0.4) is 0 Å². The predicted molar refractivity (Wildman–Crippen MR) is 124 cm³/mol. The highest BCUT2D eigenvalue weighted by molar-refractivity contribution is 5.86. The summed E-state index contributed by atoms with van der Waals surface area (Å²) in [6.07, 6.45) is 14.9. The molecule has 0 saturated heterocycles. The Morgan fingerprint density at radius 1 is 0.677 bits per heavy atom. The summed E-state index contributed by atoms with van der Waals surface area (Å²) in [6.45, 7) is 0. The maximum atomic E-state index is 6.53. The van der Waals surface area contributed by atoms with Crippen LogP contribution >= 0.6 is 0 Å². The van der Waals surface area contributed by atoms with Crippen LogP contribution in [0.4, 0.5) is 0 Å². The molecule has 1 spiro atoms. The highest BCUT2D eigenvalue weighted by Crippen LogP contribution is 2.73. The standard InChI is InChI=1S/C30H36O/c1-31-25-15-19-8-20-14-24(13-19)29-27-23-11-17-7-18(12-23)10-22(9-17)26(27)28(30(25,29)16-20)21-5-3-2-4-6-21/h2-6,17-20,22-25H,7-16H2,1H3/t17-,18?,19-,20?,22?,23?,24-,25-,30-/m1/s1. The maximum absolute atomic E-state index is 6.53. The molecular weight excluding hydrogens is 376 g/mol. The number of methoxy groups -OCH3 is 1. The van der Waals surface area contributed by atoms with Gasteiger partial charge in [-0.2, -0.15) is 0 Å². The maximum Gasteiger partial charge on any atom is 0.0708 e. The molecule has 1 nitrogen and oxygen atoms in total. The summed E-state index contributed by atoms with van der Waals surface area (Å²) < 4.78 is 6.53. The van der Waals surface area contributed by atoms with E-state index < -0.39 is 0 Å². The molecule has 0 aliphatic heterocycles. The number of benzene rings is 1. The Hall–Kier alpha value is -1.34. The predicted octanol–water partition coefficient (Wildman–Crippen LogP) is 7.05. The molecule has 9 atom stereocenters. The van der Waals surface area contributed by atoms with Crippen LogP contribution in [0.5, 0.6) is 0 Å². The zero-order valence-corrected chi connectivity index (χ0v) is 19.0. The Labute approximate surface area is 187 Å². The Balaban J connectivity index is 1.47. The zero-order valence-electron chi connectivity index (χ0n) is 19.0. The summed E-state index contributed by atoms with van der Waals surface area (Å²) in [5.74, 6) is 6.34. The van der Waals surface area contributed by atoms with E-state index >= 15 is 0 Å². The van der Waals surface area contributed by atoms with Crippen molar-refractivity contribution < 1.29 is 4.74 Å². The fraction of sp³-hybridized carbons (Fsp3) is 0.667. The molecule has 1 aromatic carbocycles. The Kier molecular flexibility index (Phi) is 3.60. The second-order valence-corrected chi connectivity index (χ2v) is 12.6. The lowest BCUT2D eigenvalue weighted by molar-refractivity contribution is 0.0194. The third kappa shape index (κ3) is 2.23. The van der Waals surface area contributed by atoms with E-state index in [1.807, 2.05) is 23.8 Å². The Bertz CT molecular complexity index is 986. The minimum absolute atomic E-state index is 0.189. The summed E-state index contributed by atoms with van der Waals surface area (Å²) in [5.41, 5.74) is 9.26. The summed E-state index contributed by atoms with van der Waals surface area (Å²) in [4.78, 5) is 0. The largest absolute Gasteiger partial charge is 0.380 e. The minimum Gasteiger partial charge on any atom is -0.380 e. The topological polar surface area (TPSA) is 9.23 Å². The lowest BCUT2D eigenvalue weighted by atomic mass is 9.55. The van der Waals surface area contributed by atoms with Crippen LogP contribution in [0, 0.1) is 46.8 Å². The van der Waals surface area contributed by atoms with Crippen LogP contribution < -0.4 is 0 Å². The van der Waals surface area contributed by atoms with Gasteiger partial charge in [-0.05, 0) is 128 Å². The van der Waals surface area contributed by atoms with E-state index in [0.29, 0.717) is 6.10 Å². The number of fused-ring (bicyclic) bond motifs is 1. The van der Waals surface area contributed by atoms with Gasteiger partial charge in [0.25, 0.3) is 0 Å². The quantitative estimate of drug-likeness (QED) is 0.506. The first-order chi connectivity index (χ1) is 15.2. The lowest BCUT2D eigenvalue weighted by Gasteiger charge is -2.50. The van der Waals surface area contributed by atoms with Crippen LogP contribution in [0.25, 0.3) is 5.57 Å². The van der Waals surface area contributed by atoms with E-state index in [2.05, 4.69) is 30.3 Å². The van der Waals surface area contributed by atoms with E-state index in [1.54, 1.807) is 5.57 Å². The van der Waals surface area contributed by atoms with Crippen molar-refractivity contribution in [3.63, 3.8) is 0 Å². The molecule has 8 fully saturated rings. The molecule has 0 aromatic heterocycles. The molecule has 8 saturated carbocycles. The zero-order chi connectivity index (χ0) is 20.3. The van der Waals surface area contributed by atoms with Crippen molar-refractivity contribution in [2.24, 2.45) is 46.8 Å². The van der Waals surface area contributed by atoms with E-state index in [9.17, 15) is 0 Å². The van der Waals surface area contributed by atoms with Crippen LogP contribution in [0.2, 0.25) is 0 Å². The second-order valence-electron chi connectivity index (χ2n) is 12.6. The highest BCUT2D eigenvalue weighted by atomic mass is 16.5. The third-order valence-electron chi connectivity index (χ3n) is 11.1. The average Bonchev–Trinajstić information content (AvgIpc) is 2.85. The molecule has 0 radical (unpaired) electrons. The summed E-state index contributed by atoms with van der Waals surface area (Å²) in [7, 11) is 2.03. The monoisotopic (exact) mass is 412 g/mol. The Morgan fingerprint density at radius 2 is 1.29 bits per heavy atom. The molecule has 0 heterocycles.